The minimum Gasteiger partial charge on any atom is -0.435 e. The molecule has 0 saturated heterocycles. The minimum absolute atomic E-state index is 0.396. The van der Waals surface area contributed by atoms with Gasteiger partial charge in [-0.3, -0.25) is 5.21 Å². The molecule has 0 bridgehead atoms. The van der Waals surface area contributed by atoms with Crippen LogP contribution in [0.25, 0.3) is 0 Å². The lowest BCUT2D eigenvalue weighted by atomic mass is 10.0. The third-order valence-electron chi connectivity index (χ3n) is 3.94. The van der Waals surface area contributed by atoms with Crippen LogP contribution in [0.15, 0.2) is 84.9 Å². The Morgan fingerprint density at radius 1 is 0.840 bits per heavy atom. The van der Waals surface area contributed by atoms with E-state index in [4.69, 9.17) is 4.74 Å². The second kappa shape index (κ2) is 7.64. The molecule has 0 aliphatic rings. The van der Waals surface area contributed by atoms with Crippen molar-refractivity contribution >= 4 is 11.8 Å². The summed E-state index contributed by atoms with van der Waals surface area (Å²) in [6, 6.07) is 26.0. The van der Waals surface area contributed by atoms with E-state index in [1.165, 1.54) is 0 Å². The fraction of sp³-hybridized carbons (Fsp3) is 0.0952. The molecule has 0 heterocycles. The van der Waals surface area contributed by atoms with Crippen molar-refractivity contribution in [2.75, 3.05) is 5.06 Å². The maximum atomic E-state index is 12.5. The van der Waals surface area contributed by atoms with Gasteiger partial charge >= 0.3 is 6.09 Å². The summed E-state index contributed by atoms with van der Waals surface area (Å²) in [7, 11) is 0. The van der Waals surface area contributed by atoms with E-state index in [2.05, 4.69) is 0 Å². The molecule has 25 heavy (non-hydrogen) atoms. The Labute approximate surface area is 146 Å². The number of hydrogen-bond donors (Lipinski definition) is 1. The summed E-state index contributed by atoms with van der Waals surface area (Å²) in [5.74, 6) is 0. The van der Waals surface area contributed by atoms with Crippen LogP contribution in [-0.2, 0) is 4.74 Å². The standard InChI is InChI=1S/C21H19NO3/c1-16-10-8-9-15-19(16)22(24)21(23)25-20(17-11-4-2-5-12-17)18-13-6-3-7-14-18/h2-15,20,24H,1H3. The van der Waals surface area contributed by atoms with Crippen molar-refractivity contribution in [1.82, 2.24) is 0 Å². The monoisotopic (exact) mass is 333 g/mol. The lowest BCUT2D eigenvalue weighted by Crippen LogP contribution is -2.30. The zero-order valence-corrected chi connectivity index (χ0v) is 13.9. The van der Waals surface area contributed by atoms with Gasteiger partial charge < -0.3 is 4.74 Å². The maximum Gasteiger partial charge on any atom is 0.439 e. The van der Waals surface area contributed by atoms with Gasteiger partial charge in [0.05, 0.1) is 5.69 Å². The van der Waals surface area contributed by atoms with Gasteiger partial charge in [-0.05, 0) is 29.7 Å². The molecule has 4 heteroatoms. The Hall–Kier alpha value is -3.11. The molecule has 0 aromatic heterocycles. The second-order valence-corrected chi connectivity index (χ2v) is 5.68. The fourth-order valence-electron chi connectivity index (χ4n) is 2.63. The van der Waals surface area contributed by atoms with Crippen LogP contribution in [0.4, 0.5) is 10.5 Å². The molecule has 1 amide bonds. The molecule has 1 N–H and O–H groups in total. The Balaban J connectivity index is 1.88. The van der Waals surface area contributed by atoms with Crippen LogP contribution in [0, 0.1) is 6.92 Å². The summed E-state index contributed by atoms with van der Waals surface area (Å²) in [6.07, 6.45) is -1.43. The molecule has 0 aliphatic heterocycles. The van der Waals surface area contributed by atoms with E-state index < -0.39 is 12.2 Å². The molecule has 3 aromatic carbocycles. The number of carbonyl (C=O) groups is 1. The van der Waals surface area contributed by atoms with Crippen molar-refractivity contribution in [2.45, 2.75) is 13.0 Å². The number of nitrogens with zero attached hydrogens (tertiary/aromatic N) is 1. The first-order valence-electron chi connectivity index (χ1n) is 8.02. The molecule has 0 atom stereocenters. The van der Waals surface area contributed by atoms with E-state index >= 15 is 0 Å². The SMILES string of the molecule is Cc1ccccc1N(O)C(=O)OC(c1ccccc1)c1ccccc1. The molecule has 0 radical (unpaired) electrons. The van der Waals surface area contributed by atoms with Crippen LogP contribution in [-0.4, -0.2) is 11.3 Å². The highest BCUT2D eigenvalue weighted by atomic mass is 16.6. The van der Waals surface area contributed by atoms with Crippen molar-refractivity contribution in [3.05, 3.63) is 102 Å². The summed E-state index contributed by atoms with van der Waals surface area (Å²) >= 11 is 0. The van der Waals surface area contributed by atoms with Crippen LogP contribution in [0.1, 0.15) is 22.8 Å². The van der Waals surface area contributed by atoms with Crippen LogP contribution in [0.5, 0.6) is 0 Å². The lowest BCUT2D eigenvalue weighted by molar-refractivity contribution is 0.0954. The third-order valence-corrected chi connectivity index (χ3v) is 3.94. The van der Waals surface area contributed by atoms with Gasteiger partial charge in [-0.25, -0.2) is 4.79 Å². The predicted molar refractivity (Wildman–Crippen MR) is 96.7 cm³/mol. The first-order valence-corrected chi connectivity index (χ1v) is 8.02. The quantitative estimate of drug-likeness (QED) is 0.533. The molecule has 3 aromatic rings. The number of anilines is 1. The maximum absolute atomic E-state index is 12.5. The summed E-state index contributed by atoms with van der Waals surface area (Å²) in [4.78, 5) is 12.5. The third kappa shape index (κ3) is 3.87. The molecule has 126 valence electrons. The van der Waals surface area contributed by atoms with E-state index in [0.717, 1.165) is 16.7 Å². The van der Waals surface area contributed by atoms with Crippen LogP contribution >= 0.6 is 0 Å². The molecule has 0 unspecified atom stereocenters. The number of hydroxylamine groups is 1. The lowest BCUT2D eigenvalue weighted by Gasteiger charge is -2.23. The number of benzene rings is 3. The summed E-state index contributed by atoms with van der Waals surface area (Å²) in [5, 5.41) is 10.8. The fourth-order valence-corrected chi connectivity index (χ4v) is 2.63. The Morgan fingerprint density at radius 2 is 1.32 bits per heavy atom. The van der Waals surface area contributed by atoms with Gasteiger partial charge in [0.15, 0.2) is 6.10 Å². The number of aryl methyl sites for hydroxylation is 1. The van der Waals surface area contributed by atoms with Crippen LogP contribution in [0.2, 0.25) is 0 Å². The first kappa shape index (κ1) is 16.7. The minimum atomic E-state index is -0.827. The van der Waals surface area contributed by atoms with E-state index in [9.17, 15) is 10.0 Å². The van der Waals surface area contributed by atoms with E-state index in [1.54, 1.807) is 12.1 Å². The molecule has 0 spiro atoms. The number of amides is 1. The van der Waals surface area contributed by atoms with E-state index in [-0.39, 0.29) is 0 Å². The normalized spacial score (nSPS) is 10.5. The summed E-state index contributed by atoms with van der Waals surface area (Å²) in [5.41, 5.74) is 2.84. The predicted octanol–water partition coefficient (Wildman–Crippen LogP) is 5.12. The molecule has 0 aliphatic carbocycles. The Morgan fingerprint density at radius 3 is 1.84 bits per heavy atom. The van der Waals surface area contributed by atoms with Crippen molar-refractivity contribution < 1.29 is 14.7 Å². The summed E-state index contributed by atoms with van der Waals surface area (Å²) in [6.45, 7) is 1.82. The Bertz CT molecular complexity index is 795. The van der Waals surface area contributed by atoms with Gasteiger partial charge in [0.1, 0.15) is 0 Å². The van der Waals surface area contributed by atoms with Gasteiger partial charge in [0.2, 0.25) is 0 Å². The molecule has 4 nitrogen and oxygen atoms in total. The van der Waals surface area contributed by atoms with Gasteiger partial charge in [-0.15, -0.1) is 0 Å². The van der Waals surface area contributed by atoms with Crippen molar-refractivity contribution in [2.24, 2.45) is 0 Å². The van der Waals surface area contributed by atoms with Crippen molar-refractivity contribution in [1.29, 1.82) is 0 Å². The second-order valence-electron chi connectivity index (χ2n) is 5.68. The number of para-hydroxylation sites is 1. The summed E-state index contributed by atoms with van der Waals surface area (Å²) < 4.78 is 5.63. The molecular formula is C21H19NO3. The van der Waals surface area contributed by atoms with Crippen LogP contribution in [0.3, 0.4) is 0 Å². The molecule has 0 fully saturated rings. The molecule has 3 rings (SSSR count). The largest absolute Gasteiger partial charge is 0.439 e. The molecule has 0 saturated carbocycles. The first-order chi connectivity index (χ1) is 12.2. The van der Waals surface area contributed by atoms with Crippen molar-refractivity contribution in [3.63, 3.8) is 0 Å². The average molecular weight is 333 g/mol. The van der Waals surface area contributed by atoms with Gasteiger partial charge in [-0.2, -0.15) is 5.06 Å². The van der Waals surface area contributed by atoms with Gasteiger partial charge in [0.25, 0.3) is 0 Å². The number of carbonyl (C=O) groups excluding carboxylic acids is 1. The zero-order chi connectivity index (χ0) is 17.6. The van der Waals surface area contributed by atoms with Gasteiger partial charge in [-0.1, -0.05) is 78.9 Å². The van der Waals surface area contributed by atoms with Gasteiger partial charge in [0, 0.05) is 0 Å². The topological polar surface area (TPSA) is 49.8 Å². The highest BCUT2D eigenvalue weighted by molar-refractivity contribution is 5.86. The number of ether oxygens (including phenoxy) is 1. The number of rotatable bonds is 4. The van der Waals surface area contributed by atoms with Crippen LogP contribution < -0.4 is 5.06 Å². The number of hydrogen-bond acceptors (Lipinski definition) is 3. The average Bonchev–Trinajstić information content (AvgIpc) is 2.67. The Kier molecular flexibility index (Phi) is 5.11. The van der Waals surface area contributed by atoms with Crippen molar-refractivity contribution in [3.8, 4) is 0 Å². The smallest absolute Gasteiger partial charge is 0.435 e. The highest BCUT2D eigenvalue weighted by Gasteiger charge is 2.23. The van der Waals surface area contributed by atoms with E-state index in [0.29, 0.717) is 10.8 Å². The highest BCUT2D eigenvalue weighted by Crippen LogP contribution is 2.28. The zero-order valence-electron chi connectivity index (χ0n) is 13.9. The van der Waals surface area contributed by atoms with E-state index in [1.807, 2.05) is 79.7 Å². The molecular weight excluding hydrogens is 314 g/mol.